The molecule has 1 aromatic heterocycles. The molecule has 1 amide bonds. The maximum atomic E-state index is 13.1. The Labute approximate surface area is 191 Å². The van der Waals surface area contributed by atoms with Gasteiger partial charge < -0.3 is 14.8 Å². The van der Waals surface area contributed by atoms with Crippen LogP contribution in [0.15, 0.2) is 48.7 Å². The van der Waals surface area contributed by atoms with Crippen LogP contribution in [-0.4, -0.2) is 53.9 Å². The molecule has 2 aliphatic heterocycles. The number of nitrogens with zero attached hydrogens (tertiary/aromatic N) is 2. The van der Waals surface area contributed by atoms with Crippen molar-refractivity contribution in [2.24, 2.45) is 0 Å². The Morgan fingerprint density at radius 3 is 2.72 bits per heavy atom. The van der Waals surface area contributed by atoms with Gasteiger partial charge in [0.2, 0.25) is 0 Å². The largest absolute Gasteiger partial charge is 0.486 e. The second-order valence-electron chi connectivity index (χ2n) is 8.01. The molecule has 0 aliphatic carbocycles. The number of likely N-dealkylation sites (tertiary alicyclic amines) is 1. The number of benzene rings is 2. The van der Waals surface area contributed by atoms with E-state index in [-0.39, 0.29) is 11.9 Å². The predicted molar refractivity (Wildman–Crippen MR) is 122 cm³/mol. The zero-order valence-electron chi connectivity index (χ0n) is 17.6. The summed E-state index contributed by atoms with van der Waals surface area (Å²) in [5, 5.41) is 10.9. The van der Waals surface area contributed by atoms with Crippen molar-refractivity contribution in [2.75, 3.05) is 32.8 Å². The van der Waals surface area contributed by atoms with Gasteiger partial charge in [0.05, 0.1) is 23.5 Å². The van der Waals surface area contributed by atoms with E-state index in [2.05, 4.69) is 20.4 Å². The van der Waals surface area contributed by atoms with Crippen LogP contribution in [0.3, 0.4) is 0 Å². The van der Waals surface area contributed by atoms with Gasteiger partial charge in [-0.3, -0.25) is 14.8 Å². The summed E-state index contributed by atoms with van der Waals surface area (Å²) in [6.07, 6.45) is 3.87. The van der Waals surface area contributed by atoms with E-state index in [1.54, 1.807) is 6.20 Å². The SMILES string of the molecule is O=C(NCC(c1ccccc1Cl)N1CCCC1)c1cn[nH]c1-c1ccc2c(c1)OCCO2. The zero-order valence-corrected chi connectivity index (χ0v) is 18.4. The van der Waals surface area contributed by atoms with E-state index >= 15 is 0 Å². The maximum Gasteiger partial charge on any atom is 0.255 e. The smallest absolute Gasteiger partial charge is 0.255 e. The first kappa shape index (κ1) is 20.8. The van der Waals surface area contributed by atoms with Gasteiger partial charge in [-0.1, -0.05) is 29.8 Å². The average Bonchev–Trinajstić information content (AvgIpc) is 3.52. The normalized spacial score (nSPS) is 16.7. The van der Waals surface area contributed by atoms with E-state index in [1.807, 2.05) is 42.5 Å². The Balaban J connectivity index is 1.35. The van der Waals surface area contributed by atoms with E-state index in [1.165, 1.54) is 0 Å². The summed E-state index contributed by atoms with van der Waals surface area (Å²) in [5.74, 6) is 1.20. The third-order valence-electron chi connectivity index (χ3n) is 6.02. The Bertz CT molecular complexity index is 1110. The summed E-state index contributed by atoms with van der Waals surface area (Å²) in [4.78, 5) is 15.5. The van der Waals surface area contributed by atoms with Gasteiger partial charge in [-0.2, -0.15) is 5.10 Å². The molecule has 1 saturated heterocycles. The number of carbonyl (C=O) groups excluding carboxylic acids is 1. The van der Waals surface area contributed by atoms with Crippen LogP contribution in [0, 0.1) is 0 Å². The molecule has 2 aliphatic rings. The van der Waals surface area contributed by atoms with E-state index in [0.717, 1.165) is 42.1 Å². The van der Waals surface area contributed by atoms with Crippen molar-refractivity contribution in [2.45, 2.75) is 18.9 Å². The first-order chi connectivity index (χ1) is 15.7. The zero-order chi connectivity index (χ0) is 21.9. The highest BCUT2D eigenvalue weighted by atomic mass is 35.5. The molecular weight excluding hydrogens is 428 g/mol. The molecule has 32 heavy (non-hydrogen) atoms. The summed E-state index contributed by atoms with van der Waals surface area (Å²) in [5.41, 5.74) is 2.99. The Hall–Kier alpha value is -3.03. The van der Waals surface area contributed by atoms with E-state index < -0.39 is 0 Å². The molecule has 1 fully saturated rings. The molecular formula is C24H25ClN4O3. The van der Waals surface area contributed by atoms with Crippen LogP contribution in [0.1, 0.15) is 34.8 Å². The molecule has 0 bridgehead atoms. The lowest BCUT2D eigenvalue weighted by atomic mass is 10.0. The van der Waals surface area contributed by atoms with Gasteiger partial charge >= 0.3 is 0 Å². The quantitative estimate of drug-likeness (QED) is 0.589. The fourth-order valence-electron chi connectivity index (χ4n) is 4.40. The Kier molecular flexibility index (Phi) is 6.01. The lowest BCUT2D eigenvalue weighted by molar-refractivity contribution is 0.0938. The van der Waals surface area contributed by atoms with Crippen molar-refractivity contribution in [1.29, 1.82) is 0 Å². The second kappa shape index (κ2) is 9.22. The number of hydrogen-bond donors (Lipinski definition) is 2. The molecule has 5 rings (SSSR count). The third kappa shape index (κ3) is 4.18. The maximum absolute atomic E-state index is 13.1. The highest BCUT2D eigenvalue weighted by Crippen LogP contribution is 2.35. The number of hydrogen-bond acceptors (Lipinski definition) is 5. The van der Waals surface area contributed by atoms with Gasteiger partial charge in [0.25, 0.3) is 5.91 Å². The minimum atomic E-state index is -0.181. The number of H-pyrrole nitrogens is 1. The lowest BCUT2D eigenvalue weighted by Crippen LogP contribution is -2.37. The molecule has 166 valence electrons. The van der Waals surface area contributed by atoms with Crippen LogP contribution in [-0.2, 0) is 0 Å². The van der Waals surface area contributed by atoms with Crippen molar-refractivity contribution in [3.8, 4) is 22.8 Å². The number of carbonyl (C=O) groups is 1. The number of aromatic amines is 1. The Morgan fingerprint density at radius 2 is 1.91 bits per heavy atom. The third-order valence-corrected chi connectivity index (χ3v) is 6.36. The second-order valence-corrected chi connectivity index (χ2v) is 8.41. The van der Waals surface area contributed by atoms with E-state index in [0.29, 0.717) is 42.5 Å². The summed E-state index contributed by atoms with van der Waals surface area (Å²) in [6, 6.07) is 13.5. The van der Waals surface area contributed by atoms with Crippen LogP contribution in [0.2, 0.25) is 5.02 Å². The molecule has 1 unspecified atom stereocenters. The molecule has 0 spiro atoms. The molecule has 2 aromatic carbocycles. The summed E-state index contributed by atoms with van der Waals surface area (Å²) in [6.45, 7) is 3.51. The molecule has 3 aromatic rings. The minimum Gasteiger partial charge on any atom is -0.486 e. The van der Waals surface area contributed by atoms with E-state index in [4.69, 9.17) is 21.1 Å². The van der Waals surface area contributed by atoms with Gasteiger partial charge in [0, 0.05) is 17.1 Å². The molecule has 0 saturated carbocycles. The van der Waals surface area contributed by atoms with Crippen molar-refractivity contribution >= 4 is 17.5 Å². The average molecular weight is 453 g/mol. The molecule has 0 radical (unpaired) electrons. The van der Waals surface area contributed by atoms with Crippen molar-refractivity contribution < 1.29 is 14.3 Å². The fourth-order valence-corrected chi connectivity index (χ4v) is 4.66. The van der Waals surface area contributed by atoms with Crippen molar-refractivity contribution in [3.63, 3.8) is 0 Å². The molecule has 3 heterocycles. The van der Waals surface area contributed by atoms with Gasteiger partial charge in [-0.15, -0.1) is 0 Å². The van der Waals surface area contributed by atoms with Crippen molar-refractivity contribution in [3.05, 3.63) is 64.8 Å². The molecule has 7 nitrogen and oxygen atoms in total. The highest BCUT2D eigenvalue weighted by molar-refractivity contribution is 6.31. The summed E-state index contributed by atoms with van der Waals surface area (Å²) < 4.78 is 11.3. The number of ether oxygens (including phenoxy) is 2. The lowest BCUT2D eigenvalue weighted by Gasteiger charge is -2.29. The number of nitrogens with one attached hydrogen (secondary N) is 2. The van der Waals surface area contributed by atoms with Gasteiger partial charge in [-0.25, -0.2) is 0 Å². The van der Waals surface area contributed by atoms with Crippen LogP contribution >= 0.6 is 11.6 Å². The molecule has 1 atom stereocenters. The van der Waals surface area contributed by atoms with Crippen LogP contribution in [0.5, 0.6) is 11.5 Å². The fraction of sp³-hybridized carbons (Fsp3) is 0.333. The standard InChI is InChI=1S/C24H25ClN4O3/c25-19-6-2-1-5-17(19)20(29-9-3-4-10-29)15-26-24(30)18-14-27-28-23(18)16-7-8-21-22(13-16)32-12-11-31-21/h1-2,5-8,13-14,20H,3-4,9-12,15H2,(H,26,30)(H,27,28). The number of rotatable bonds is 6. The Morgan fingerprint density at radius 1 is 1.12 bits per heavy atom. The van der Waals surface area contributed by atoms with Gasteiger partial charge in [-0.05, 0) is 55.8 Å². The first-order valence-electron chi connectivity index (χ1n) is 10.9. The van der Waals surface area contributed by atoms with E-state index in [9.17, 15) is 4.79 Å². The highest BCUT2D eigenvalue weighted by Gasteiger charge is 2.26. The summed E-state index contributed by atoms with van der Waals surface area (Å²) >= 11 is 6.50. The van der Waals surface area contributed by atoms with Crippen molar-refractivity contribution in [1.82, 2.24) is 20.4 Å². The predicted octanol–water partition coefficient (Wildman–Crippen LogP) is 4.07. The number of amides is 1. The van der Waals surface area contributed by atoms with Gasteiger partial charge in [0.1, 0.15) is 13.2 Å². The first-order valence-corrected chi connectivity index (χ1v) is 11.3. The molecule has 2 N–H and O–H groups in total. The van der Waals surface area contributed by atoms with Crippen LogP contribution in [0.25, 0.3) is 11.3 Å². The summed E-state index contributed by atoms with van der Waals surface area (Å²) in [7, 11) is 0. The number of aromatic nitrogens is 2. The number of halogens is 1. The number of fused-ring (bicyclic) bond motifs is 1. The topological polar surface area (TPSA) is 79.5 Å². The van der Waals surface area contributed by atoms with Crippen LogP contribution in [0.4, 0.5) is 0 Å². The minimum absolute atomic E-state index is 0.0276. The monoisotopic (exact) mass is 452 g/mol. The molecule has 8 heteroatoms. The van der Waals surface area contributed by atoms with Gasteiger partial charge in [0.15, 0.2) is 11.5 Å². The van der Waals surface area contributed by atoms with Crippen LogP contribution < -0.4 is 14.8 Å².